The summed E-state index contributed by atoms with van der Waals surface area (Å²) in [5.41, 5.74) is 9.71. The van der Waals surface area contributed by atoms with E-state index in [-0.39, 0.29) is 12.3 Å². The Morgan fingerprint density at radius 3 is 2.68 bits per heavy atom. The molecule has 0 saturated carbocycles. The maximum atomic E-state index is 11.4. The normalized spacial score (nSPS) is 11.0. The van der Waals surface area contributed by atoms with Gasteiger partial charge in [0.25, 0.3) is 0 Å². The molecule has 1 amide bonds. The minimum Gasteiger partial charge on any atom is -0.369 e. The first-order valence-corrected chi connectivity index (χ1v) is 7.53. The molecule has 3 nitrogen and oxygen atoms in total. The third-order valence-corrected chi connectivity index (χ3v) is 4.18. The molecule has 0 aliphatic carbocycles. The predicted molar refractivity (Wildman–Crippen MR) is 90.1 cm³/mol. The van der Waals surface area contributed by atoms with Crippen molar-refractivity contribution in [3.05, 3.63) is 70.4 Å². The summed E-state index contributed by atoms with van der Waals surface area (Å²) >= 11 is 6.07. The van der Waals surface area contributed by atoms with Crippen molar-refractivity contribution in [3.8, 4) is 0 Å². The van der Waals surface area contributed by atoms with E-state index in [9.17, 15) is 4.79 Å². The number of rotatable bonds is 4. The van der Waals surface area contributed by atoms with Crippen molar-refractivity contribution in [1.82, 2.24) is 4.57 Å². The van der Waals surface area contributed by atoms with Gasteiger partial charge in [0, 0.05) is 28.2 Å². The molecule has 0 radical (unpaired) electrons. The standard InChI is InChI=1S/C18H17ClN2O/c1-12-16(10-18(20)22)15-7-2-3-8-17(15)21(12)11-13-5-4-6-14(19)9-13/h2-9H,10-11H2,1H3,(H2,20,22). The predicted octanol–water partition coefficient (Wildman–Crippen LogP) is 3.68. The third kappa shape index (κ3) is 2.72. The molecule has 0 spiro atoms. The lowest BCUT2D eigenvalue weighted by atomic mass is 10.1. The van der Waals surface area contributed by atoms with E-state index in [1.807, 2.05) is 49.4 Å². The third-order valence-electron chi connectivity index (χ3n) is 3.94. The number of nitrogens with zero attached hydrogens (tertiary/aromatic N) is 1. The summed E-state index contributed by atoms with van der Waals surface area (Å²) in [6.45, 7) is 2.74. The van der Waals surface area contributed by atoms with Gasteiger partial charge in [-0.1, -0.05) is 41.9 Å². The molecule has 3 rings (SSSR count). The zero-order valence-electron chi connectivity index (χ0n) is 12.3. The largest absolute Gasteiger partial charge is 0.369 e. The number of hydrogen-bond donors (Lipinski definition) is 1. The highest BCUT2D eigenvalue weighted by Gasteiger charge is 2.15. The summed E-state index contributed by atoms with van der Waals surface area (Å²) < 4.78 is 2.21. The Labute approximate surface area is 134 Å². The summed E-state index contributed by atoms with van der Waals surface area (Å²) in [5.74, 6) is -0.311. The van der Waals surface area contributed by atoms with E-state index in [0.29, 0.717) is 6.54 Å². The molecule has 1 heterocycles. The number of benzene rings is 2. The molecule has 0 atom stereocenters. The van der Waals surface area contributed by atoms with Crippen LogP contribution in [0.1, 0.15) is 16.8 Å². The van der Waals surface area contributed by atoms with Crippen LogP contribution in [-0.4, -0.2) is 10.5 Å². The van der Waals surface area contributed by atoms with E-state index in [4.69, 9.17) is 17.3 Å². The van der Waals surface area contributed by atoms with Crippen molar-refractivity contribution in [1.29, 1.82) is 0 Å². The molecule has 4 heteroatoms. The molecule has 0 unspecified atom stereocenters. The first-order chi connectivity index (χ1) is 10.6. The fourth-order valence-electron chi connectivity index (χ4n) is 2.92. The number of halogens is 1. The van der Waals surface area contributed by atoms with Crippen LogP contribution in [-0.2, 0) is 17.8 Å². The van der Waals surface area contributed by atoms with Crippen molar-refractivity contribution in [3.63, 3.8) is 0 Å². The number of aromatic nitrogens is 1. The average Bonchev–Trinajstić information content (AvgIpc) is 2.73. The molecule has 1 aromatic heterocycles. The van der Waals surface area contributed by atoms with E-state index < -0.39 is 0 Å². The first kappa shape index (κ1) is 14.7. The van der Waals surface area contributed by atoms with Gasteiger partial charge < -0.3 is 10.3 Å². The molecule has 22 heavy (non-hydrogen) atoms. The lowest BCUT2D eigenvalue weighted by Crippen LogP contribution is -2.14. The molecule has 0 fully saturated rings. The van der Waals surface area contributed by atoms with Gasteiger partial charge in [0.15, 0.2) is 0 Å². The first-order valence-electron chi connectivity index (χ1n) is 7.15. The molecule has 0 bridgehead atoms. The summed E-state index contributed by atoms with van der Waals surface area (Å²) in [6.07, 6.45) is 0.259. The maximum absolute atomic E-state index is 11.4. The van der Waals surface area contributed by atoms with Crippen LogP contribution < -0.4 is 5.73 Å². The van der Waals surface area contributed by atoms with Crippen molar-refractivity contribution in [2.75, 3.05) is 0 Å². The van der Waals surface area contributed by atoms with Crippen molar-refractivity contribution in [2.24, 2.45) is 5.73 Å². The highest BCUT2D eigenvalue weighted by atomic mass is 35.5. The molecule has 112 valence electrons. The molecular formula is C18H17ClN2O. The van der Waals surface area contributed by atoms with Crippen molar-refractivity contribution < 1.29 is 4.79 Å². The summed E-state index contributed by atoms with van der Waals surface area (Å²) in [7, 11) is 0. The minimum atomic E-state index is -0.311. The van der Waals surface area contributed by atoms with Crippen LogP contribution in [0.5, 0.6) is 0 Å². The number of carbonyl (C=O) groups excluding carboxylic acids is 1. The van der Waals surface area contributed by atoms with E-state index in [0.717, 1.165) is 32.7 Å². The highest BCUT2D eigenvalue weighted by Crippen LogP contribution is 2.27. The van der Waals surface area contributed by atoms with Crippen LogP contribution >= 0.6 is 11.6 Å². The second-order valence-corrected chi connectivity index (χ2v) is 5.88. The molecule has 3 aromatic rings. The van der Waals surface area contributed by atoms with Gasteiger partial charge in [-0.25, -0.2) is 0 Å². The fraction of sp³-hybridized carbons (Fsp3) is 0.167. The van der Waals surface area contributed by atoms with Gasteiger partial charge in [0.2, 0.25) is 5.91 Å². The molecule has 0 saturated heterocycles. The second-order valence-electron chi connectivity index (χ2n) is 5.44. The fourth-order valence-corrected chi connectivity index (χ4v) is 3.13. The van der Waals surface area contributed by atoms with Crippen molar-refractivity contribution in [2.45, 2.75) is 19.9 Å². The SMILES string of the molecule is Cc1c(CC(N)=O)c2ccccc2n1Cc1cccc(Cl)c1. The number of hydrogen-bond acceptors (Lipinski definition) is 1. The van der Waals surface area contributed by atoms with Crippen molar-refractivity contribution >= 4 is 28.4 Å². The van der Waals surface area contributed by atoms with Crippen LogP contribution in [0.25, 0.3) is 10.9 Å². The molecule has 0 aliphatic rings. The lowest BCUT2D eigenvalue weighted by Gasteiger charge is -2.09. The lowest BCUT2D eigenvalue weighted by molar-refractivity contribution is -0.117. The zero-order chi connectivity index (χ0) is 15.7. The number of carbonyl (C=O) groups is 1. The van der Waals surface area contributed by atoms with E-state index >= 15 is 0 Å². The Kier molecular flexibility index (Phi) is 3.90. The summed E-state index contributed by atoms with van der Waals surface area (Å²) in [4.78, 5) is 11.4. The van der Waals surface area contributed by atoms with Gasteiger partial charge in [-0.2, -0.15) is 0 Å². The zero-order valence-corrected chi connectivity index (χ0v) is 13.1. The van der Waals surface area contributed by atoms with Crippen LogP contribution in [0.3, 0.4) is 0 Å². The van der Waals surface area contributed by atoms with Crippen LogP contribution in [0.2, 0.25) is 5.02 Å². The van der Waals surface area contributed by atoms with Gasteiger partial charge in [0.05, 0.1) is 6.42 Å². The van der Waals surface area contributed by atoms with Gasteiger partial charge in [-0.3, -0.25) is 4.79 Å². The Morgan fingerprint density at radius 1 is 1.18 bits per heavy atom. The molecule has 2 N–H and O–H groups in total. The smallest absolute Gasteiger partial charge is 0.221 e. The van der Waals surface area contributed by atoms with Gasteiger partial charge in [-0.15, -0.1) is 0 Å². The minimum absolute atomic E-state index is 0.259. The number of fused-ring (bicyclic) bond motifs is 1. The molecule has 0 aliphatic heterocycles. The van der Waals surface area contributed by atoms with E-state index in [2.05, 4.69) is 10.6 Å². The topological polar surface area (TPSA) is 48.0 Å². The number of amides is 1. The van der Waals surface area contributed by atoms with Gasteiger partial charge in [0.1, 0.15) is 0 Å². The van der Waals surface area contributed by atoms with Crippen LogP contribution in [0, 0.1) is 6.92 Å². The molecular weight excluding hydrogens is 296 g/mol. The Hall–Kier alpha value is -2.26. The Morgan fingerprint density at radius 2 is 1.95 bits per heavy atom. The quantitative estimate of drug-likeness (QED) is 0.785. The number of primary amides is 1. The second kappa shape index (κ2) is 5.85. The number of para-hydroxylation sites is 1. The number of nitrogens with two attached hydrogens (primary N) is 1. The Bertz CT molecular complexity index is 851. The van der Waals surface area contributed by atoms with E-state index in [1.165, 1.54) is 0 Å². The van der Waals surface area contributed by atoms with Gasteiger partial charge >= 0.3 is 0 Å². The summed E-state index contributed by atoms with van der Waals surface area (Å²) in [6, 6.07) is 15.9. The average molecular weight is 313 g/mol. The summed E-state index contributed by atoms with van der Waals surface area (Å²) in [5, 5.41) is 1.81. The molecule has 2 aromatic carbocycles. The van der Waals surface area contributed by atoms with Gasteiger partial charge in [-0.05, 0) is 36.2 Å². The van der Waals surface area contributed by atoms with Crippen LogP contribution in [0.4, 0.5) is 0 Å². The maximum Gasteiger partial charge on any atom is 0.221 e. The van der Waals surface area contributed by atoms with Crippen LogP contribution in [0.15, 0.2) is 48.5 Å². The van der Waals surface area contributed by atoms with E-state index in [1.54, 1.807) is 0 Å². The monoisotopic (exact) mass is 312 g/mol. The Balaban J connectivity index is 2.13. The highest BCUT2D eigenvalue weighted by molar-refractivity contribution is 6.30.